The lowest BCUT2D eigenvalue weighted by molar-refractivity contribution is -0.158. The summed E-state index contributed by atoms with van der Waals surface area (Å²) >= 11 is 0. The molecule has 1 aromatic carbocycles. The predicted molar refractivity (Wildman–Crippen MR) is 98.7 cm³/mol. The van der Waals surface area contributed by atoms with Gasteiger partial charge in [-0.25, -0.2) is 9.59 Å². The van der Waals surface area contributed by atoms with Crippen molar-refractivity contribution < 1.29 is 28.5 Å². The molecule has 1 aromatic rings. The van der Waals surface area contributed by atoms with Gasteiger partial charge in [0.15, 0.2) is 24.7 Å². The summed E-state index contributed by atoms with van der Waals surface area (Å²) < 4.78 is 21.4. The summed E-state index contributed by atoms with van der Waals surface area (Å²) in [7, 11) is 1.76. The van der Waals surface area contributed by atoms with Crippen molar-refractivity contribution in [2.75, 3.05) is 25.6 Å². The molecule has 0 spiro atoms. The molecule has 1 rings (SSSR count). The molecule has 146 valence electrons. The van der Waals surface area contributed by atoms with Gasteiger partial charge in [0.2, 0.25) is 0 Å². The van der Waals surface area contributed by atoms with Crippen LogP contribution in [0.5, 0.6) is 11.5 Å². The average molecular weight is 367 g/mol. The maximum Gasteiger partial charge on any atom is 0.344 e. The Bertz CT molecular complexity index is 628. The Morgan fingerprint density at radius 3 is 1.73 bits per heavy atom. The molecule has 7 nitrogen and oxygen atoms in total. The van der Waals surface area contributed by atoms with E-state index in [9.17, 15) is 9.59 Å². The van der Waals surface area contributed by atoms with E-state index in [1.807, 2.05) is 0 Å². The second-order valence-electron chi connectivity index (χ2n) is 7.66. The van der Waals surface area contributed by atoms with Gasteiger partial charge in [0.1, 0.15) is 11.2 Å². The molecule has 0 amide bonds. The maximum absolute atomic E-state index is 11.8. The topological polar surface area (TPSA) is 83.1 Å². The molecule has 0 radical (unpaired) electrons. The van der Waals surface area contributed by atoms with Gasteiger partial charge in [0.25, 0.3) is 0 Å². The van der Waals surface area contributed by atoms with Crippen molar-refractivity contribution in [3.63, 3.8) is 0 Å². The van der Waals surface area contributed by atoms with E-state index in [0.29, 0.717) is 11.5 Å². The van der Waals surface area contributed by atoms with Crippen LogP contribution in [0.4, 0.5) is 5.69 Å². The van der Waals surface area contributed by atoms with Crippen molar-refractivity contribution in [1.82, 2.24) is 0 Å². The van der Waals surface area contributed by atoms with E-state index in [4.69, 9.17) is 18.9 Å². The van der Waals surface area contributed by atoms with Crippen molar-refractivity contribution in [2.24, 2.45) is 0 Å². The van der Waals surface area contributed by atoms with E-state index in [-0.39, 0.29) is 13.2 Å². The fraction of sp³-hybridized carbons (Fsp3) is 0.579. The van der Waals surface area contributed by atoms with E-state index in [2.05, 4.69) is 5.32 Å². The van der Waals surface area contributed by atoms with Crippen LogP contribution in [-0.2, 0) is 19.1 Å². The lowest BCUT2D eigenvalue weighted by Crippen LogP contribution is -2.28. The highest BCUT2D eigenvalue weighted by atomic mass is 16.6. The van der Waals surface area contributed by atoms with Gasteiger partial charge < -0.3 is 24.3 Å². The van der Waals surface area contributed by atoms with E-state index in [1.54, 1.807) is 66.8 Å². The number of esters is 2. The highest BCUT2D eigenvalue weighted by Crippen LogP contribution is 2.30. The molecule has 26 heavy (non-hydrogen) atoms. The van der Waals surface area contributed by atoms with Crippen LogP contribution in [0.15, 0.2) is 18.2 Å². The zero-order valence-corrected chi connectivity index (χ0v) is 16.6. The maximum atomic E-state index is 11.8. The van der Waals surface area contributed by atoms with E-state index in [1.165, 1.54) is 0 Å². The van der Waals surface area contributed by atoms with Gasteiger partial charge in [0, 0.05) is 18.8 Å². The second-order valence-corrected chi connectivity index (χ2v) is 7.66. The lowest BCUT2D eigenvalue weighted by atomic mass is 10.2. The van der Waals surface area contributed by atoms with Crippen LogP contribution in [0.3, 0.4) is 0 Å². The van der Waals surface area contributed by atoms with Gasteiger partial charge in [-0.1, -0.05) is 0 Å². The van der Waals surface area contributed by atoms with Crippen LogP contribution in [-0.4, -0.2) is 43.4 Å². The quantitative estimate of drug-likeness (QED) is 0.741. The Balaban J connectivity index is 2.76. The molecule has 0 aromatic heterocycles. The third kappa shape index (κ3) is 8.60. The number of hydrogen-bond acceptors (Lipinski definition) is 7. The summed E-state index contributed by atoms with van der Waals surface area (Å²) in [6, 6.07) is 5.10. The minimum absolute atomic E-state index is 0.265. The Labute approximate surface area is 155 Å². The molecule has 0 heterocycles. The third-order valence-corrected chi connectivity index (χ3v) is 2.76. The van der Waals surface area contributed by atoms with Crippen molar-refractivity contribution in [2.45, 2.75) is 52.7 Å². The molecule has 0 atom stereocenters. The van der Waals surface area contributed by atoms with Gasteiger partial charge in [-0.2, -0.15) is 0 Å². The van der Waals surface area contributed by atoms with Gasteiger partial charge in [-0.05, 0) is 53.7 Å². The highest BCUT2D eigenvalue weighted by Gasteiger charge is 2.19. The van der Waals surface area contributed by atoms with Gasteiger partial charge in [0.05, 0.1) is 0 Å². The van der Waals surface area contributed by atoms with Crippen LogP contribution < -0.4 is 14.8 Å². The Kier molecular flexibility index (Phi) is 7.29. The molecule has 0 aliphatic heterocycles. The normalized spacial score (nSPS) is 11.5. The van der Waals surface area contributed by atoms with Crippen LogP contribution in [0.1, 0.15) is 41.5 Å². The van der Waals surface area contributed by atoms with Crippen LogP contribution in [0, 0.1) is 0 Å². The molecule has 7 heteroatoms. The van der Waals surface area contributed by atoms with Crippen LogP contribution in [0.25, 0.3) is 0 Å². The molecule has 0 unspecified atom stereocenters. The van der Waals surface area contributed by atoms with E-state index in [0.717, 1.165) is 5.69 Å². The first-order valence-corrected chi connectivity index (χ1v) is 8.41. The molecule has 0 bridgehead atoms. The largest absolute Gasteiger partial charge is 0.478 e. The summed E-state index contributed by atoms with van der Waals surface area (Å²) in [5.74, 6) is -0.330. The standard InChI is InChI=1S/C19H29NO6/c1-18(2,3)25-16(21)11-23-14-9-8-13(20-7)10-15(14)24-12-17(22)26-19(4,5)6/h8-10,20H,11-12H2,1-7H3. The summed E-state index contributed by atoms with van der Waals surface area (Å²) in [5.41, 5.74) is -0.413. The van der Waals surface area contributed by atoms with Crippen molar-refractivity contribution >= 4 is 17.6 Å². The Morgan fingerprint density at radius 1 is 0.846 bits per heavy atom. The minimum atomic E-state index is -0.594. The zero-order chi connectivity index (χ0) is 20.0. The number of anilines is 1. The number of hydrogen-bond donors (Lipinski definition) is 1. The predicted octanol–water partition coefficient (Wildman–Crippen LogP) is 3.17. The van der Waals surface area contributed by atoms with Crippen molar-refractivity contribution in [3.05, 3.63) is 18.2 Å². The summed E-state index contributed by atoms with van der Waals surface area (Å²) in [6.45, 7) is 10.1. The number of rotatable bonds is 7. The van der Waals surface area contributed by atoms with Gasteiger partial charge in [-0.3, -0.25) is 0 Å². The van der Waals surface area contributed by atoms with Crippen LogP contribution in [0.2, 0.25) is 0 Å². The van der Waals surface area contributed by atoms with Crippen LogP contribution >= 0.6 is 0 Å². The van der Waals surface area contributed by atoms with Gasteiger partial charge >= 0.3 is 11.9 Å². The van der Waals surface area contributed by atoms with Crippen molar-refractivity contribution in [3.8, 4) is 11.5 Å². The van der Waals surface area contributed by atoms with E-state index < -0.39 is 23.1 Å². The average Bonchev–Trinajstić information content (AvgIpc) is 2.47. The Hall–Kier alpha value is -2.44. The minimum Gasteiger partial charge on any atom is -0.478 e. The van der Waals surface area contributed by atoms with Gasteiger partial charge in [-0.15, -0.1) is 0 Å². The molecule has 1 N–H and O–H groups in total. The lowest BCUT2D eigenvalue weighted by Gasteiger charge is -2.21. The summed E-state index contributed by atoms with van der Waals surface area (Å²) in [4.78, 5) is 23.7. The smallest absolute Gasteiger partial charge is 0.344 e. The molecule has 0 fully saturated rings. The molecule has 0 aliphatic carbocycles. The molecule has 0 saturated heterocycles. The molecule has 0 saturated carbocycles. The zero-order valence-electron chi connectivity index (χ0n) is 16.6. The van der Waals surface area contributed by atoms with E-state index >= 15 is 0 Å². The SMILES string of the molecule is CNc1ccc(OCC(=O)OC(C)(C)C)c(OCC(=O)OC(C)(C)C)c1. The molecule has 0 aliphatic rings. The summed E-state index contributed by atoms with van der Waals surface area (Å²) in [5, 5.41) is 2.97. The second kappa shape index (κ2) is 8.78. The number of benzene rings is 1. The first-order chi connectivity index (χ1) is 11.9. The monoisotopic (exact) mass is 367 g/mol. The number of carbonyl (C=O) groups is 2. The molecular weight excluding hydrogens is 338 g/mol. The summed E-state index contributed by atoms with van der Waals surface area (Å²) in [6.07, 6.45) is 0. The third-order valence-electron chi connectivity index (χ3n) is 2.76. The number of carbonyl (C=O) groups excluding carboxylic acids is 2. The number of nitrogens with one attached hydrogen (secondary N) is 1. The first-order valence-electron chi connectivity index (χ1n) is 8.41. The molecular formula is C19H29NO6. The first kappa shape index (κ1) is 21.6. The number of ether oxygens (including phenoxy) is 4. The Morgan fingerprint density at radius 2 is 1.31 bits per heavy atom. The fourth-order valence-electron chi connectivity index (χ4n) is 1.91. The fourth-order valence-corrected chi connectivity index (χ4v) is 1.91. The highest BCUT2D eigenvalue weighted by molar-refractivity contribution is 5.72. The van der Waals surface area contributed by atoms with Crippen molar-refractivity contribution in [1.29, 1.82) is 0 Å².